The molecule has 0 unspecified atom stereocenters. The molecule has 1 aromatic rings. The van der Waals surface area contributed by atoms with Crippen molar-refractivity contribution in [3.05, 3.63) is 34.3 Å². The molecule has 0 bridgehead atoms. The maximum Gasteiger partial charge on any atom is 0.492 e. The lowest BCUT2D eigenvalue weighted by atomic mass is 9.75. The molecule has 1 aromatic carbocycles. The van der Waals surface area contributed by atoms with Crippen LogP contribution in [0.2, 0.25) is 0 Å². The molecular formula is C25H40BNO4. The van der Waals surface area contributed by atoms with Gasteiger partial charge < -0.3 is 19.7 Å². The molecule has 172 valence electrons. The first-order chi connectivity index (χ1) is 13.8. The van der Waals surface area contributed by atoms with Gasteiger partial charge >= 0.3 is 7.12 Å². The maximum absolute atomic E-state index is 11.6. The van der Waals surface area contributed by atoms with E-state index in [9.17, 15) is 9.90 Å². The molecule has 2 N–H and O–H groups in total. The SMILES string of the molecule is CC(=O)NCC(=Cc1cc(C(C)(C)C)cc(C(C)(C)C)c1O)B1OC(C)(C)C(C)(C)O1. The van der Waals surface area contributed by atoms with Gasteiger partial charge in [0.2, 0.25) is 5.91 Å². The normalized spacial score (nSPS) is 18.9. The summed E-state index contributed by atoms with van der Waals surface area (Å²) in [5.74, 6) is 0.114. The average Bonchev–Trinajstić information content (AvgIpc) is 2.78. The van der Waals surface area contributed by atoms with E-state index in [0.29, 0.717) is 5.56 Å². The van der Waals surface area contributed by atoms with Crippen LogP contribution in [0.5, 0.6) is 5.75 Å². The van der Waals surface area contributed by atoms with E-state index < -0.39 is 18.3 Å². The standard InChI is InChI=1S/C25H40BNO4/c1-16(28)27-15-19(26-30-24(8,9)25(10,11)31-26)13-17-12-18(22(2,3)4)14-20(21(17)29)23(5,6)7/h12-14,29H,15H2,1-11H3,(H,27,28). The fraction of sp³-hybridized carbons (Fsp3) is 0.640. The van der Waals surface area contributed by atoms with Crippen molar-refractivity contribution >= 4 is 19.1 Å². The molecule has 1 aliphatic rings. The summed E-state index contributed by atoms with van der Waals surface area (Å²) in [4.78, 5) is 11.6. The van der Waals surface area contributed by atoms with Crippen LogP contribution < -0.4 is 5.32 Å². The average molecular weight is 429 g/mol. The summed E-state index contributed by atoms with van der Waals surface area (Å²) in [6, 6.07) is 4.11. The van der Waals surface area contributed by atoms with Gasteiger partial charge in [-0.1, -0.05) is 53.7 Å². The smallest absolute Gasteiger partial charge is 0.492 e. The molecule has 0 radical (unpaired) electrons. The highest BCUT2D eigenvalue weighted by atomic mass is 16.7. The van der Waals surface area contributed by atoms with E-state index in [4.69, 9.17) is 9.31 Å². The van der Waals surface area contributed by atoms with E-state index in [1.54, 1.807) is 0 Å². The predicted octanol–water partition coefficient (Wildman–Crippen LogP) is 5.14. The molecule has 1 saturated heterocycles. The van der Waals surface area contributed by atoms with Gasteiger partial charge in [0.05, 0.1) is 11.2 Å². The Labute approximate surface area is 188 Å². The molecule has 1 heterocycles. The van der Waals surface area contributed by atoms with E-state index in [-0.39, 0.29) is 29.0 Å². The number of phenolic OH excluding ortho intramolecular Hbond substituents is 1. The zero-order valence-electron chi connectivity index (χ0n) is 21.2. The minimum atomic E-state index is -0.618. The number of nitrogens with one attached hydrogen (secondary N) is 1. The Morgan fingerprint density at radius 3 is 1.97 bits per heavy atom. The number of hydrogen-bond donors (Lipinski definition) is 2. The molecule has 1 aliphatic heterocycles. The van der Waals surface area contributed by atoms with Crippen molar-refractivity contribution in [2.75, 3.05) is 6.54 Å². The summed E-state index contributed by atoms with van der Waals surface area (Å²) in [5, 5.41) is 14.0. The lowest BCUT2D eigenvalue weighted by Crippen LogP contribution is -2.41. The summed E-state index contributed by atoms with van der Waals surface area (Å²) >= 11 is 0. The van der Waals surface area contributed by atoms with Gasteiger partial charge in [0.1, 0.15) is 5.75 Å². The van der Waals surface area contributed by atoms with Crippen LogP contribution in [-0.2, 0) is 24.9 Å². The van der Waals surface area contributed by atoms with Gasteiger partial charge in [-0.15, -0.1) is 0 Å². The molecule has 2 rings (SSSR count). The number of carbonyl (C=O) groups excluding carboxylic acids is 1. The Morgan fingerprint density at radius 1 is 1.03 bits per heavy atom. The van der Waals surface area contributed by atoms with Crippen molar-refractivity contribution < 1.29 is 19.2 Å². The second kappa shape index (κ2) is 8.29. The van der Waals surface area contributed by atoms with Crippen molar-refractivity contribution in [1.29, 1.82) is 0 Å². The van der Waals surface area contributed by atoms with Crippen molar-refractivity contribution in [3.63, 3.8) is 0 Å². The number of aromatic hydroxyl groups is 1. The Morgan fingerprint density at radius 2 is 1.55 bits per heavy atom. The van der Waals surface area contributed by atoms with Crippen LogP contribution in [0.15, 0.2) is 17.6 Å². The first kappa shape index (κ1) is 25.5. The first-order valence-corrected chi connectivity index (χ1v) is 11.0. The number of phenols is 1. The van der Waals surface area contributed by atoms with Crippen LogP contribution >= 0.6 is 0 Å². The molecule has 0 aliphatic carbocycles. The minimum absolute atomic E-state index is 0.0849. The summed E-state index contributed by atoms with van der Waals surface area (Å²) in [6.07, 6.45) is 1.90. The van der Waals surface area contributed by atoms with Crippen LogP contribution in [0.3, 0.4) is 0 Å². The van der Waals surface area contributed by atoms with Crippen molar-refractivity contribution in [1.82, 2.24) is 5.32 Å². The van der Waals surface area contributed by atoms with Crippen LogP contribution in [-0.4, -0.2) is 35.9 Å². The van der Waals surface area contributed by atoms with E-state index in [0.717, 1.165) is 16.6 Å². The first-order valence-electron chi connectivity index (χ1n) is 11.0. The van der Waals surface area contributed by atoms with Crippen LogP contribution in [0.25, 0.3) is 6.08 Å². The number of rotatable bonds is 4. The highest BCUT2D eigenvalue weighted by molar-refractivity contribution is 6.56. The Hall–Kier alpha value is -1.79. The number of carbonyl (C=O) groups is 1. The van der Waals surface area contributed by atoms with E-state index >= 15 is 0 Å². The topological polar surface area (TPSA) is 67.8 Å². The van der Waals surface area contributed by atoms with Gasteiger partial charge in [-0.2, -0.15) is 0 Å². The largest absolute Gasteiger partial charge is 0.507 e. The predicted molar refractivity (Wildman–Crippen MR) is 128 cm³/mol. The lowest BCUT2D eigenvalue weighted by molar-refractivity contribution is -0.118. The Balaban J connectivity index is 2.65. The summed E-state index contributed by atoms with van der Waals surface area (Å²) in [5.41, 5.74) is 2.17. The third kappa shape index (κ3) is 5.72. The van der Waals surface area contributed by atoms with Gasteiger partial charge in [0, 0.05) is 24.6 Å². The van der Waals surface area contributed by atoms with Gasteiger partial charge in [0.15, 0.2) is 0 Å². The molecule has 1 amide bonds. The molecule has 0 atom stereocenters. The second-order valence-electron chi connectivity index (χ2n) is 11.7. The van der Waals surface area contributed by atoms with Gasteiger partial charge in [-0.25, -0.2) is 0 Å². The van der Waals surface area contributed by atoms with Crippen LogP contribution in [0, 0.1) is 0 Å². The van der Waals surface area contributed by atoms with Gasteiger partial charge in [-0.05, 0) is 55.6 Å². The maximum atomic E-state index is 11.6. The quantitative estimate of drug-likeness (QED) is 0.651. The monoisotopic (exact) mass is 429 g/mol. The minimum Gasteiger partial charge on any atom is -0.507 e. The molecule has 0 spiro atoms. The second-order valence-corrected chi connectivity index (χ2v) is 11.7. The fourth-order valence-electron chi connectivity index (χ4n) is 3.39. The van der Waals surface area contributed by atoms with E-state index in [1.165, 1.54) is 6.92 Å². The fourth-order valence-corrected chi connectivity index (χ4v) is 3.39. The third-order valence-electron chi connectivity index (χ3n) is 6.25. The molecule has 5 nitrogen and oxygen atoms in total. The zero-order chi connectivity index (χ0) is 24.0. The Bertz CT molecular complexity index is 857. The van der Waals surface area contributed by atoms with Crippen LogP contribution in [0.4, 0.5) is 0 Å². The molecule has 1 fully saturated rings. The van der Waals surface area contributed by atoms with Crippen molar-refractivity contribution in [3.8, 4) is 5.75 Å². The summed E-state index contributed by atoms with van der Waals surface area (Å²) in [6.45, 7) is 22.5. The van der Waals surface area contributed by atoms with E-state index in [1.807, 2.05) is 39.8 Å². The molecule has 6 heteroatoms. The highest BCUT2D eigenvalue weighted by Gasteiger charge is 2.52. The molecular weight excluding hydrogens is 389 g/mol. The summed E-state index contributed by atoms with van der Waals surface area (Å²) < 4.78 is 12.5. The summed E-state index contributed by atoms with van der Waals surface area (Å²) in [7, 11) is -0.618. The van der Waals surface area contributed by atoms with E-state index in [2.05, 4.69) is 52.9 Å². The number of benzene rings is 1. The Kier molecular flexibility index (Phi) is 6.81. The lowest BCUT2D eigenvalue weighted by Gasteiger charge is -2.32. The van der Waals surface area contributed by atoms with Crippen LogP contribution in [0.1, 0.15) is 92.9 Å². The van der Waals surface area contributed by atoms with Crippen molar-refractivity contribution in [2.24, 2.45) is 0 Å². The zero-order valence-corrected chi connectivity index (χ0v) is 21.2. The van der Waals surface area contributed by atoms with Crippen molar-refractivity contribution in [2.45, 2.75) is 98.2 Å². The number of amides is 1. The highest BCUT2D eigenvalue weighted by Crippen LogP contribution is 2.41. The molecule has 31 heavy (non-hydrogen) atoms. The third-order valence-corrected chi connectivity index (χ3v) is 6.25. The van der Waals surface area contributed by atoms with Gasteiger partial charge in [-0.3, -0.25) is 4.79 Å². The molecule has 0 saturated carbocycles. The number of hydrogen-bond acceptors (Lipinski definition) is 4. The van der Waals surface area contributed by atoms with Gasteiger partial charge in [0.25, 0.3) is 0 Å². The molecule has 0 aromatic heterocycles.